The van der Waals surface area contributed by atoms with Crippen LogP contribution in [0, 0.1) is 6.92 Å². The fourth-order valence-electron chi connectivity index (χ4n) is 2.42. The van der Waals surface area contributed by atoms with Crippen LogP contribution in [-0.2, 0) is 9.53 Å². The molecule has 0 spiro atoms. The van der Waals surface area contributed by atoms with Gasteiger partial charge in [0, 0.05) is 12.8 Å². The summed E-state index contributed by atoms with van der Waals surface area (Å²) in [7, 11) is 1.51. The molecule has 3 rings (SSSR count). The molecule has 2 aromatic carbocycles. The van der Waals surface area contributed by atoms with E-state index in [4.69, 9.17) is 4.74 Å². The van der Waals surface area contributed by atoms with E-state index in [1.54, 1.807) is 16.8 Å². The summed E-state index contributed by atoms with van der Waals surface area (Å²) in [5, 5.41) is 14.3. The lowest BCUT2D eigenvalue weighted by Gasteiger charge is -2.16. The first-order valence-electron chi connectivity index (χ1n) is 7.43. The number of rotatable bonds is 5. The monoisotopic (exact) mass is 323 g/mol. The SMILES string of the molecule is CO[C@H](C(=O)Nc1cccc(-n2nnnc2C)c1)c1ccccc1. The molecule has 0 aliphatic heterocycles. The van der Waals surface area contributed by atoms with E-state index < -0.39 is 6.10 Å². The highest BCUT2D eigenvalue weighted by atomic mass is 16.5. The van der Waals surface area contributed by atoms with Crippen LogP contribution < -0.4 is 5.32 Å². The number of hydrogen-bond acceptors (Lipinski definition) is 5. The standard InChI is InChI=1S/C17H17N5O2/c1-12-19-20-21-22(12)15-10-6-9-14(11-15)18-17(23)16(24-2)13-7-4-3-5-8-13/h3-11,16H,1-2H3,(H,18,23)/t16-/m0/s1. The van der Waals surface area contributed by atoms with Crippen LogP contribution in [0.25, 0.3) is 5.69 Å². The number of amides is 1. The molecule has 1 aromatic heterocycles. The van der Waals surface area contributed by atoms with Crippen molar-refractivity contribution in [3.05, 3.63) is 66.0 Å². The van der Waals surface area contributed by atoms with Crippen molar-refractivity contribution in [2.75, 3.05) is 12.4 Å². The molecular formula is C17H17N5O2. The van der Waals surface area contributed by atoms with E-state index >= 15 is 0 Å². The van der Waals surface area contributed by atoms with Crippen molar-refractivity contribution in [2.45, 2.75) is 13.0 Å². The molecule has 7 heteroatoms. The Bertz CT molecular complexity index is 832. The summed E-state index contributed by atoms with van der Waals surface area (Å²) in [6.45, 7) is 1.81. The molecule has 1 heterocycles. The Morgan fingerprint density at radius 3 is 2.62 bits per heavy atom. The van der Waals surface area contributed by atoms with Crippen molar-refractivity contribution in [3.8, 4) is 5.69 Å². The van der Waals surface area contributed by atoms with Gasteiger partial charge in [-0.1, -0.05) is 36.4 Å². The quantitative estimate of drug-likeness (QED) is 0.779. The van der Waals surface area contributed by atoms with Crippen molar-refractivity contribution in [1.29, 1.82) is 0 Å². The van der Waals surface area contributed by atoms with Crippen LogP contribution in [0.1, 0.15) is 17.5 Å². The van der Waals surface area contributed by atoms with Crippen LogP contribution in [0.15, 0.2) is 54.6 Å². The number of ether oxygens (including phenoxy) is 1. The van der Waals surface area contributed by atoms with E-state index in [0.717, 1.165) is 11.3 Å². The summed E-state index contributed by atoms with van der Waals surface area (Å²) in [4.78, 5) is 12.5. The van der Waals surface area contributed by atoms with Crippen LogP contribution in [0.3, 0.4) is 0 Å². The third kappa shape index (κ3) is 3.31. The molecule has 7 nitrogen and oxygen atoms in total. The summed E-state index contributed by atoms with van der Waals surface area (Å²) in [5.74, 6) is 0.423. The van der Waals surface area contributed by atoms with Gasteiger partial charge in [-0.25, -0.2) is 0 Å². The summed E-state index contributed by atoms with van der Waals surface area (Å²) in [5.41, 5.74) is 2.21. The normalized spacial score (nSPS) is 11.9. The van der Waals surface area contributed by atoms with Gasteiger partial charge >= 0.3 is 0 Å². The number of methoxy groups -OCH3 is 1. The zero-order valence-electron chi connectivity index (χ0n) is 13.4. The number of aromatic nitrogens is 4. The van der Waals surface area contributed by atoms with E-state index in [0.29, 0.717) is 11.5 Å². The summed E-state index contributed by atoms with van der Waals surface area (Å²) in [6.07, 6.45) is -0.676. The Balaban J connectivity index is 1.81. The molecule has 0 saturated heterocycles. The number of nitrogens with zero attached hydrogens (tertiary/aromatic N) is 4. The molecule has 0 unspecified atom stereocenters. The second-order valence-corrected chi connectivity index (χ2v) is 5.20. The number of tetrazole rings is 1. The number of hydrogen-bond donors (Lipinski definition) is 1. The van der Waals surface area contributed by atoms with Crippen molar-refractivity contribution in [3.63, 3.8) is 0 Å². The molecule has 3 aromatic rings. The maximum absolute atomic E-state index is 12.5. The molecule has 122 valence electrons. The largest absolute Gasteiger partial charge is 0.367 e. The minimum Gasteiger partial charge on any atom is -0.367 e. The highest BCUT2D eigenvalue weighted by Gasteiger charge is 2.20. The van der Waals surface area contributed by atoms with Gasteiger partial charge in [0.25, 0.3) is 5.91 Å². The predicted octanol–water partition coefficient (Wildman–Crippen LogP) is 2.30. The first-order chi connectivity index (χ1) is 11.7. The zero-order valence-corrected chi connectivity index (χ0v) is 13.4. The Hall–Kier alpha value is -3.06. The Kier molecular flexibility index (Phi) is 4.62. The average molecular weight is 323 g/mol. The molecule has 0 aliphatic carbocycles. The lowest BCUT2D eigenvalue weighted by molar-refractivity contribution is -0.126. The van der Waals surface area contributed by atoms with Gasteiger partial charge < -0.3 is 10.1 Å². The lowest BCUT2D eigenvalue weighted by Crippen LogP contribution is -2.22. The second-order valence-electron chi connectivity index (χ2n) is 5.20. The summed E-state index contributed by atoms with van der Waals surface area (Å²) in [6, 6.07) is 16.7. The third-order valence-corrected chi connectivity index (χ3v) is 3.56. The maximum Gasteiger partial charge on any atom is 0.258 e. The summed E-state index contributed by atoms with van der Waals surface area (Å²) < 4.78 is 6.94. The van der Waals surface area contributed by atoms with E-state index in [9.17, 15) is 4.79 Å². The van der Waals surface area contributed by atoms with Gasteiger partial charge in [0.15, 0.2) is 11.9 Å². The molecule has 0 saturated carbocycles. The number of carbonyl (C=O) groups excluding carboxylic acids is 1. The zero-order chi connectivity index (χ0) is 16.9. The summed E-state index contributed by atoms with van der Waals surface area (Å²) >= 11 is 0. The molecule has 1 amide bonds. The van der Waals surface area contributed by atoms with E-state index in [1.165, 1.54) is 7.11 Å². The highest BCUT2D eigenvalue weighted by Crippen LogP contribution is 2.20. The molecule has 0 fully saturated rings. The minimum atomic E-state index is -0.676. The van der Waals surface area contributed by atoms with Gasteiger partial charge in [0.1, 0.15) is 0 Å². The molecule has 1 atom stereocenters. The van der Waals surface area contributed by atoms with Gasteiger partial charge in [-0.2, -0.15) is 4.68 Å². The Labute approximate surface area is 139 Å². The molecular weight excluding hydrogens is 306 g/mol. The second kappa shape index (κ2) is 7.01. The smallest absolute Gasteiger partial charge is 0.258 e. The highest BCUT2D eigenvalue weighted by molar-refractivity contribution is 5.95. The fourth-order valence-corrected chi connectivity index (χ4v) is 2.42. The van der Waals surface area contributed by atoms with Crippen LogP contribution in [-0.4, -0.2) is 33.2 Å². The molecule has 0 aliphatic rings. The van der Waals surface area contributed by atoms with Gasteiger partial charge in [-0.15, -0.1) is 5.10 Å². The fraction of sp³-hybridized carbons (Fsp3) is 0.176. The van der Waals surface area contributed by atoms with Crippen molar-refractivity contribution in [1.82, 2.24) is 20.2 Å². The van der Waals surface area contributed by atoms with Crippen molar-refractivity contribution in [2.24, 2.45) is 0 Å². The van der Waals surface area contributed by atoms with Crippen LogP contribution in [0.2, 0.25) is 0 Å². The van der Waals surface area contributed by atoms with Crippen molar-refractivity contribution >= 4 is 11.6 Å². The number of aryl methyl sites for hydroxylation is 1. The van der Waals surface area contributed by atoms with Crippen LogP contribution >= 0.6 is 0 Å². The molecule has 24 heavy (non-hydrogen) atoms. The van der Waals surface area contributed by atoms with Gasteiger partial charge in [-0.3, -0.25) is 4.79 Å². The third-order valence-electron chi connectivity index (χ3n) is 3.56. The first kappa shape index (κ1) is 15.8. The maximum atomic E-state index is 12.5. The first-order valence-corrected chi connectivity index (χ1v) is 7.43. The number of benzene rings is 2. The van der Waals surface area contributed by atoms with Gasteiger partial charge in [0.05, 0.1) is 5.69 Å². The average Bonchev–Trinajstić information content (AvgIpc) is 3.03. The van der Waals surface area contributed by atoms with Gasteiger partial charge in [-0.05, 0) is 41.1 Å². The Morgan fingerprint density at radius 1 is 1.17 bits per heavy atom. The lowest BCUT2D eigenvalue weighted by atomic mass is 10.1. The predicted molar refractivity (Wildman–Crippen MR) is 88.7 cm³/mol. The number of anilines is 1. The van der Waals surface area contributed by atoms with E-state index in [-0.39, 0.29) is 5.91 Å². The van der Waals surface area contributed by atoms with E-state index in [1.807, 2.05) is 49.4 Å². The van der Waals surface area contributed by atoms with Crippen LogP contribution in [0.4, 0.5) is 5.69 Å². The van der Waals surface area contributed by atoms with Gasteiger partial charge in [0.2, 0.25) is 0 Å². The van der Waals surface area contributed by atoms with Crippen molar-refractivity contribution < 1.29 is 9.53 Å². The Morgan fingerprint density at radius 2 is 1.96 bits per heavy atom. The molecule has 0 bridgehead atoms. The van der Waals surface area contributed by atoms with Crippen LogP contribution in [0.5, 0.6) is 0 Å². The molecule has 0 radical (unpaired) electrons. The number of nitrogens with one attached hydrogen (secondary N) is 1. The van der Waals surface area contributed by atoms with E-state index in [2.05, 4.69) is 20.8 Å². The molecule has 1 N–H and O–H groups in total. The topological polar surface area (TPSA) is 81.9 Å². The minimum absolute atomic E-state index is 0.241. The number of carbonyl (C=O) groups is 1.